The summed E-state index contributed by atoms with van der Waals surface area (Å²) < 4.78 is 18.3. The standard InChI is InChI=1S/C13H9FN2O2/c1-7-16-11-12(18-7)10(6-15-13(11)17)8-2-4-9(14)5-3-8/h2-6H,1H3,(H,15,17). The van der Waals surface area contributed by atoms with Crippen LogP contribution in [0.15, 0.2) is 39.7 Å². The van der Waals surface area contributed by atoms with Crippen molar-refractivity contribution in [1.29, 1.82) is 0 Å². The van der Waals surface area contributed by atoms with Crippen LogP contribution in [0, 0.1) is 12.7 Å². The average Bonchev–Trinajstić information content (AvgIpc) is 2.74. The van der Waals surface area contributed by atoms with Crippen LogP contribution in [-0.2, 0) is 0 Å². The van der Waals surface area contributed by atoms with E-state index in [0.717, 1.165) is 5.56 Å². The summed E-state index contributed by atoms with van der Waals surface area (Å²) in [5.74, 6) is 0.109. The summed E-state index contributed by atoms with van der Waals surface area (Å²) in [5, 5.41) is 0. The van der Waals surface area contributed by atoms with Crippen molar-refractivity contribution in [3.63, 3.8) is 0 Å². The van der Waals surface area contributed by atoms with Crippen molar-refractivity contribution in [2.75, 3.05) is 0 Å². The first-order valence-corrected chi connectivity index (χ1v) is 5.40. The lowest BCUT2D eigenvalue weighted by atomic mass is 10.1. The van der Waals surface area contributed by atoms with E-state index < -0.39 is 0 Å². The highest BCUT2D eigenvalue weighted by atomic mass is 19.1. The largest absolute Gasteiger partial charge is 0.440 e. The minimum Gasteiger partial charge on any atom is -0.440 e. The van der Waals surface area contributed by atoms with Crippen LogP contribution < -0.4 is 5.56 Å². The lowest BCUT2D eigenvalue weighted by Gasteiger charge is -2.01. The summed E-state index contributed by atoms with van der Waals surface area (Å²) in [5.41, 5.74) is 1.82. The van der Waals surface area contributed by atoms with Gasteiger partial charge in [0.1, 0.15) is 5.82 Å². The first-order chi connectivity index (χ1) is 8.65. The molecule has 0 fully saturated rings. The fraction of sp³-hybridized carbons (Fsp3) is 0.0769. The monoisotopic (exact) mass is 244 g/mol. The molecule has 0 aliphatic rings. The van der Waals surface area contributed by atoms with E-state index in [4.69, 9.17) is 4.42 Å². The van der Waals surface area contributed by atoms with Gasteiger partial charge >= 0.3 is 0 Å². The molecule has 0 radical (unpaired) electrons. The number of pyridine rings is 1. The van der Waals surface area contributed by atoms with Crippen molar-refractivity contribution in [3.05, 3.63) is 52.5 Å². The third-order valence-electron chi connectivity index (χ3n) is 2.70. The Morgan fingerprint density at radius 2 is 2.00 bits per heavy atom. The van der Waals surface area contributed by atoms with Gasteiger partial charge in [-0.1, -0.05) is 12.1 Å². The van der Waals surface area contributed by atoms with Crippen molar-refractivity contribution < 1.29 is 8.81 Å². The Kier molecular flexibility index (Phi) is 2.26. The molecule has 0 spiro atoms. The van der Waals surface area contributed by atoms with Crippen LogP contribution in [0.3, 0.4) is 0 Å². The Morgan fingerprint density at radius 1 is 1.28 bits per heavy atom. The lowest BCUT2D eigenvalue weighted by molar-refractivity contribution is 0.561. The number of hydrogen-bond donors (Lipinski definition) is 1. The van der Waals surface area contributed by atoms with E-state index in [1.807, 2.05) is 0 Å². The van der Waals surface area contributed by atoms with Gasteiger partial charge in [0.15, 0.2) is 17.0 Å². The van der Waals surface area contributed by atoms with Crippen LogP contribution in [0.4, 0.5) is 4.39 Å². The van der Waals surface area contributed by atoms with Crippen LogP contribution in [0.1, 0.15) is 5.89 Å². The SMILES string of the molecule is Cc1nc2c(=O)[nH]cc(-c3ccc(F)cc3)c2o1. The van der Waals surface area contributed by atoms with Gasteiger partial charge in [-0.25, -0.2) is 9.37 Å². The molecule has 0 unspecified atom stereocenters. The van der Waals surface area contributed by atoms with Gasteiger partial charge < -0.3 is 9.40 Å². The zero-order valence-corrected chi connectivity index (χ0v) is 9.53. The van der Waals surface area contributed by atoms with Crippen molar-refractivity contribution >= 4 is 11.1 Å². The smallest absolute Gasteiger partial charge is 0.277 e. The van der Waals surface area contributed by atoms with Gasteiger partial charge in [0.2, 0.25) is 0 Å². The number of aromatic amines is 1. The molecule has 0 aliphatic carbocycles. The maximum atomic E-state index is 12.9. The molecule has 3 rings (SSSR count). The minimum atomic E-state index is -0.312. The first-order valence-electron chi connectivity index (χ1n) is 5.40. The predicted octanol–water partition coefficient (Wildman–Crippen LogP) is 2.63. The van der Waals surface area contributed by atoms with Crippen molar-refractivity contribution in [2.24, 2.45) is 0 Å². The molecule has 0 atom stereocenters. The highest BCUT2D eigenvalue weighted by Crippen LogP contribution is 2.26. The molecule has 18 heavy (non-hydrogen) atoms. The molecule has 5 heteroatoms. The fourth-order valence-corrected chi connectivity index (χ4v) is 1.88. The number of aryl methyl sites for hydroxylation is 1. The second-order valence-electron chi connectivity index (χ2n) is 3.95. The Balaban J connectivity index is 2.32. The van der Waals surface area contributed by atoms with Crippen LogP contribution in [0.5, 0.6) is 0 Å². The second kappa shape index (κ2) is 3.80. The number of fused-ring (bicyclic) bond motifs is 1. The van der Waals surface area contributed by atoms with Crippen molar-refractivity contribution in [1.82, 2.24) is 9.97 Å². The summed E-state index contributed by atoms with van der Waals surface area (Å²) >= 11 is 0. The summed E-state index contributed by atoms with van der Waals surface area (Å²) in [7, 11) is 0. The summed E-state index contributed by atoms with van der Waals surface area (Å²) in [6, 6.07) is 5.96. The van der Waals surface area contributed by atoms with Crippen LogP contribution in [0.2, 0.25) is 0 Å². The highest BCUT2D eigenvalue weighted by Gasteiger charge is 2.12. The van der Waals surface area contributed by atoms with E-state index in [9.17, 15) is 9.18 Å². The van der Waals surface area contributed by atoms with Gasteiger partial charge in [-0.15, -0.1) is 0 Å². The lowest BCUT2D eigenvalue weighted by Crippen LogP contribution is -2.05. The number of benzene rings is 1. The highest BCUT2D eigenvalue weighted by molar-refractivity contribution is 5.89. The van der Waals surface area contributed by atoms with Crippen LogP contribution >= 0.6 is 0 Å². The summed E-state index contributed by atoms with van der Waals surface area (Å²) in [4.78, 5) is 18.2. The van der Waals surface area contributed by atoms with E-state index >= 15 is 0 Å². The number of halogens is 1. The Bertz CT molecular complexity index is 772. The molecule has 3 aromatic rings. The molecular formula is C13H9FN2O2. The molecule has 1 N–H and O–H groups in total. The third kappa shape index (κ3) is 1.60. The second-order valence-corrected chi connectivity index (χ2v) is 3.95. The topological polar surface area (TPSA) is 58.9 Å². The molecule has 0 saturated carbocycles. The fourth-order valence-electron chi connectivity index (χ4n) is 1.88. The number of oxazole rings is 1. The Morgan fingerprint density at radius 3 is 2.72 bits per heavy atom. The van der Waals surface area contributed by atoms with Crippen LogP contribution in [-0.4, -0.2) is 9.97 Å². The molecule has 4 nitrogen and oxygen atoms in total. The zero-order valence-electron chi connectivity index (χ0n) is 9.53. The molecule has 0 bridgehead atoms. The normalized spacial score (nSPS) is 11.0. The van der Waals surface area contributed by atoms with E-state index in [0.29, 0.717) is 17.0 Å². The van der Waals surface area contributed by atoms with Crippen LogP contribution in [0.25, 0.3) is 22.2 Å². The van der Waals surface area contributed by atoms with E-state index in [2.05, 4.69) is 9.97 Å². The minimum absolute atomic E-state index is 0.259. The number of hydrogen-bond acceptors (Lipinski definition) is 3. The number of rotatable bonds is 1. The van der Waals surface area contributed by atoms with E-state index in [-0.39, 0.29) is 16.9 Å². The van der Waals surface area contributed by atoms with Gasteiger partial charge in [-0.2, -0.15) is 0 Å². The van der Waals surface area contributed by atoms with Gasteiger partial charge in [-0.05, 0) is 17.7 Å². The maximum Gasteiger partial charge on any atom is 0.277 e. The van der Waals surface area contributed by atoms with Gasteiger partial charge in [0.05, 0.1) is 0 Å². The number of H-pyrrole nitrogens is 1. The third-order valence-corrected chi connectivity index (χ3v) is 2.70. The zero-order chi connectivity index (χ0) is 12.7. The molecule has 90 valence electrons. The van der Waals surface area contributed by atoms with Crippen molar-refractivity contribution in [2.45, 2.75) is 6.92 Å². The van der Waals surface area contributed by atoms with E-state index in [1.54, 1.807) is 25.3 Å². The molecule has 2 heterocycles. The number of nitrogens with zero attached hydrogens (tertiary/aromatic N) is 1. The number of nitrogens with one attached hydrogen (secondary N) is 1. The number of aromatic nitrogens is 2. The molecule has 0 saturated heterocycles. The summed E-state index contributed by atoms with van der Waals surface area (Å²) in [6.07, 6.45) is 1.54. The Labute approximate surface area is 101 Å². The van der Waals surface area contributed by atoms with Gasteiger partial charge in [0, 0.05) is 18.7 Å². The average molecular weight is 244 g/mol. The molecule has 2 aromatic heterocycles. The molecular weight excluding hydrogens is 235 g/mol. The van der Waals surface area contributed by atoms with Gasteiger partial charge in [0.25, 0.3) is 5.56 Å². The predicted molar refractivity (Wildman–Crippen MR) is 64.8 cm³/mol. The first kappa shape index (κ1) is 10.7. The molecule has 0 aliphatic heterocycles. The van der Waals surface area contributed by atoms with E-state index in [1.165, 1.54) is 12.1 Å². The Hall–Kier alpha value is -2.43. The maximum absolute atomic E-state index is 12.9. The van der Waals surface area contributed by atoms with Crippen molar-refractivity contribution in [3.8, 4) is 11.1 Å². The van der Waals surface area contributed by atoms with Gasteiger partial charge in [-0.3, -0.25) is 4.79 Å². The molecule has 1 aromatic carbocycles. The quantitative estimate of drug-likeness (QED) is 0.715. The molecule has 0 amide bonds. The summed E-state index contributed by atoms with van der Waals surface area (Å²) in [6.45, 7) is 1.67.